The number of fused-ring (bicyclic) bond motifs is 1. The van der Waals surface area contributed by atoms with Crippen LogP contribution in [0.3, 0.4) is 0 Å². The average molecular weight is 166 g/mol. The van der Waals surface area contributed by atoms with Crippen LogP contribution in [0.5, 0.6) is 0 Å². The lowest BCUT2D eigenvalue weighted by atomic mass is 10.3. The smallest absolute Gasteiger partial charge is 0.139 e. The number of nitrogens with zero attached hydrogens (tertiary/aromatic N) is 3. The molecule has 4 heteroatoms. The summed E-state index contributed by atoms with van der Waals surface area (Å²) in [5.41, 5.74) is 0.819. The molecule has 0 unspecified atom stereocenters. The molecule has 2 aromatic rings. The summed E-state index contributed by atoms with van der Waals surface area (Å²) in [4.78, 5) is 11.7. The minimum Gasteiger partial charge on any atom is -0.244 e. The minimum absolute atomic E-state index is 0.447. The highest BCUT2D eigenvalue weighted by Crippen LogP contribution is 2.16. The molecule has 2 heterocycles. The molecule has 0 atom stereocenters. The summed E-state index contributed by atoms with van der Waals surface area (Å²) < 4.78 is 0. The minimum atomic E-state index is 0.447. The normalized spacial score (nSPS) is 10.3. The molecule has 0 saturated heterocycles. The van der Waals surface area contributed by atoms with Gasteiger partial charge in [-0.2, -0.15) is 0 Å². The third kappa shape index (κ3) is 1.03. The quantitative estimate of drug-likeness (QED) is 0.558. The Morgan fingerprint density at radius 2 is 2.18 bits per heavy atom. The number of pyridine rings is 1. The van der Waals surface area contributed by atoms with E-state index < -0.39 is 0 Å². The van der Waals surface area contributed by atoms with Crippen LogP contribution in [0.25, 0.3) is 10.9 Å². The molecule has 0 aliphatic carbocycles. The lowest BCUT2D eigenvalue weighted by Crippen LogP contribution is -1.82. The molecule has 2 rings (SSSR count). The highest BCUT2D eigenvalue weighted by molar-refractivity contribution is 6.33. The second kappa shape index (κ2) is 2.43. The number of hydrogen-bond donors (Lipinski definition) is 0. The number of hydrogen-bond acceptors (Lipinski definition) is 3. The van der Waals surface area contributed by atoms with Crippen molar-refractivity contribution in [1.29, 1.82) is 0 Å². The Kier molecular flexibility index (Phi) is 1.43. The third-order valence-electron chi connectivity index (χ3n) is 1.39. The topological polar surface area (TPSA) is 38.7 Å². The maximum atomic E-state index is 5.77. The maximum Gasteiger partial charge on any atom is 0.139 e. The lowest BCUT2D eigenvalue weighted by Gasteiger charge is -1.94. The molecule has 0 N–H and O–H groups in total. The predicted molar refractivity (Wildman–Crippen MR) is 42.3 cm³/mol. The van der Waals surface area contributed by atoms with Gasteiger partial charge in [-0.1, -0.05) is 11.6 Å². The van der Waals surface area contributed by atoms with Crippen LogP contribution < -0.4 is 0 Å². The first-order valence-electron chi connectivity index (χ1n) is 3.08. The Labute approximate surface area is 68.1 Å². The van der Waals surface area contributed by atoms with E-state index in [0.29, 0.717) is 5.15 Å². The highest BCUT2D eigenvalue weighted by atomic mass is 35.5. The molecule has 0 amide bonds. The van der Waals surface area contributed by atoms with Gasteiger partial charge in [-0.25, -0.2) is 15.0 Å². The van der Waals surface area contributed by atoms with E-state index in [9.17, 15) is 0 Å². The highest BCUT2D eigenvalue weighted by Gasteiger charge is 1.97. The molecule has 54 valence electrons. The summed E-state index contributed by atoms with van der Waals surface area (Å²) in [6.07, 6.45) is 4.76. The van der Waals surface area contributed by atoms with E-state index in [1.807, 2.05) is 0 Å². The van der Waals surface area contributed by atoms with E-state index >= 15 is 0 Å². The summed E-state index contributed by atoms with van der Waals surface area (Å²) in [5, 5.41) is 1.24. The van der Waals surface area contributed by atoms with Crippen LogP contribution in [-0.2, 0) is 0 Å². The second-order valence-electron chi connectivity index (χ2n) is 2.06. The van der Waals surface area contributed by atoms with E-state index in [-0.39, 0.29) is 0 Å². The predicted octanol–water partition coefficient (Wildman–Crippen LogP) is 1.68. The zero-order valence-electron chi connectivity index (χ0n) is 5.53. The van der Waals surface area contributed by atoms with E-state index in [4.69, 9.17) is 11.6 Å². The maximum absolute atomic E-state index is 5.77. The summed E-state index contributed by atoms with van der Waals surface area (Å²) in [7, 11) is 0. The third-order valence-corrected chi connectivity index (χ3v) is 1.69. The fraction of sp³-hybridized carbons (Fsp3) is 0. The fourth-order valence-electron chi connectivity index (χ4n) is 0.874. The first kappa shape index (κ1) is 6.49. The monoisotopic (exact) mass is 165 g/mol. The van der Waals surface area contributed by atoms with Crippen molar-refractivity contribution in [2.45, 2.75) is 0 Å². The molecule has 2 aromatic heterocycles. The van der Waals surface area contributed by atoms with E-state index in [2.05, 4.69) is 15.0 Å². The zero-order chi connectivity index (χ0) is 7.68. The van der Waals surface area contributed by atoms with Gasteiger partial charge in [-0.05, 0) is 6.07 Å². The molecular weight excluding hydrogens is 162 g/mol. The van der Waals surface area contributed by atoms with Gasteiger partial charge < -0.3 is 0 Å². The molecule has 3 nitrogen and oxygen atoms in total. The largest absolute Gasteiger partial charge is 0.244 e. The SMILES string of the molecule is Clc1nccc2ncncc12. The fourth-order valence-corrected chi connectivity index (χ4v) is 1.08. The van der Waals surface area contributed by atoms with Crippen molar-refractivity contribution in [2.75, 3.05) is 0 Å². The molecule has 0 aliphatic rings. The van der Waals surface area contributed by atoms with Crippen molar-refractivity contribution in [3.05, 3.63) is 29.9 Å². The van der Waals surface area contributed by atoms with Gasteiger partial charge in [0.05, 0.1) is 10.9 Å². The molecular formula is C7H4ClN3. The lowest BCUT2D eigenvalue weighted by molar-refractivity contribution is 1.21. The molecule has 0 bridgehead atoms. The second-order valence-corrected chi connectivity index (χ2v) is 2.42. The Morgan fingerprint density at radius 3 is 3.00 bits per heavy atom. The van der Waals surface area contributed by atoms with Gasteiger partial charge >= 0.3 is 0 Å². The van der Waals surface area contributed by atoms with Crippen LogP contribution in [0.15, 0.2) is 24.8 Å². The van der Waals surface area contributed by atoms with E-state index in [1.165, 1.54) is 6.33 Å². The molecule has 0 aromatic carbocycles. The van der Waals surface area contributed by atoms with E-state index in [0.717, 1.165) is 10.9 Å². The van der Waals surface area contributed by atoms with E-state index in [1.54, 1.807) is 18.5 Å². The molecule has 0 aliphatic heterocycles. The van der Waals surface area contributed by atoms with Crippen LogP contribution >= 0.6 is 11.6 Å². The van der Waals surface area contributed by atoms with Crippen molar-refractivity contribution in [1.82, 2.24) is 15.0 Å². The zero-order valence-corrected chi connectivity index (χ0v) is 6.28. The van der Waals surface area contributed by atoms with Crippen molar-refractivity contribution in [3.63, 3.8) is 0 Å². The van der Waals surface area contributed by atoms with Crippen LogP contribution in [0.1, 0.15) is 0 Å². The number of halogens is 1. The standard InChI is InChI=1S/C7H4ClN3/c8-7-5-3-9-4-11-6(5)1-2-10-7/h1-4H. The van der Waals surface area contributed by atoms with Crippen LogP contribution in [0.4, 0.5) is 0 Å². The summed E-state index contributed by atoms with van der Waals surface area (Å²) in [6, 6.07) is 1.79. The van der Waals surface area contributed by atoms with Crippen molar-refractivity contribution < 1.29 is 0 Å². The summed E-state index contributed by atoms with van der Waals surface area (Å²) >= 11 is 5.77. The molecule has 0 saturated carbocycles. The number of rotatable bonds is 0. The van der Waals surface area contributed by atoms with Crippen molar-refractivity contribution in [3.8, 4) is 0 Å². The van der Waals surface area contributed by atoms with Crippen molar-refractivity contribution in [2.24, 2.45) is 0 Å². The van der Waals surface area contributed by atoms with Gasteiger partial charge in [0.1, 0.15) is 11.5 Å². The van der Waals surface area contributed by atoms with Gasteiger partial charge in [-0.3, -0.25) is 0 Å². The number of aromatic nitrogens is 3. The summed E-state index contributed by atoms with van der Waals surface area (Å²) in [5.74, 6) is 0. The van der Waals surface area contributed by atoms with Crippen molar-refractivity contribution >= 4 is 22.5 Å². The van der Waals surface area contributed by atoms with Gasteiger partial charge in [0.2, 0.25) is 0 Å². The Bertz CT molecular complexity index is 383. The van der Waals surface area contributed by atoms with Gasteiger partial charge in [0.25, 0.3) is 0 Å². The Morgan fingerprint density at radius 1 is 1.27 bits per heavy atom. The van der Waals surface area contributed by atoms with Gasteiger partial charge in [0, 0.05) is 12.4 Å². The van der Waals surface area contributed by atoms with Gasteiger partial charge in [0.15, 0.2) is 0 Å². The van der Waals surface area contributed by atoms with Crippen LogP contribution in [-0.4, -0.2) is 15.0 Å². The van der Waals surface area contributed by atoms with Gasteiger partial charge in [-0.15, -0.1) is 0 Å². The molecule has 0 fully saturated rings. The molecule has 11 heavy (non-hydrogen) atoms. The molecule has 0 spiro atoms. The Hall–Kier alpha value is -1.22. The van der Waals surface area contributed by atoms with Crippen LogP contribution in [0, 0.1) is 0 Å². The first-order chi connectivity index (χ1) is 5.38. The average Bonchev–Trinajstić information content (AvgIpc) is 2.06. The Balaban J connectivity index is 2.91. The summed E-state index contributed by atoms with van der Waals surface area (Å²) in [6.45, 7) is 0. The van der Waals surface area contributed by atoms with Crippen LogP contribution in [0.2, 0.25) is 5.15 Å². The first-order valence-corrected chi connectivity index (χ1v) is 3.46. The molecule has 0 radical (unpaired) electrons.